The third kappa shape index (κ3) is 2.07. The maximum atomic E-state index is 9.75. The third-order valence-electron chi connectivity index (χ3n) is 2.92. The second-order valence-corrected chi connectivity index (χ2v) is 4.23. The van der Waals surface area contributed by atoms with Crippen molar-refractivity contribution < 1.29 is 15.3 Å². The van der Waals surface area contributed by atoms with Gasteiger partial charge in [0.15, 0.2) is 0 Å². The van der Waals surface area contributed by atoms with Crippen molar-refractivity contribution in [3.63, 3.8) is 0 Å². The van der Waals surface area contributed by atoms with Crippen LogP contribution < -0.4 is 0 Å². The number of rotatable bonds is 3. The molecule has 0 unspecified atom stereocenters. The Balaban J connectivity index is 2.68. The van der Waals surface area contributed by atoms with Crippen molar-refractivity contribution in [1.29, 1.82) is 0 Å². The molecule has 1 saturated heterocycles. The van der Waals surface area contributed by atoms with E-state index < -0.39 is 12.2 Å². The van der Waals surface area contributed by atoms with Crippen LogP contribution in [-0.4, -0.2) is 83.7 Å². The molecule has 0 saturated carbocycles. The lowest BCUT2D eigenvalue weighted by molar-refractivity contribution is 0.0167. The summed E-state index contributed by atoms with van der Waals surface area (Å²) in [7, 11) is 5.65. The van der Waals surface area contributed by atoms with E-state index in [2.05, 4.69) is 0 Å². The van der Waals surface area contributed by atoms with Crippen LogP contribution in [0, 0.1) is 0 Å². The molecule has 84 valence electrons. The molecule has 1 fully saturated rings. The largest absolute Gasteiger partial charge is 0.395 e. The van der Waals surface area contributed by atoms with Crippen LogP contribution in [0.3, 0.4) is 0 Å². The third-order valence-corrected chi connectivity index (χ3v) is 2.92. The Morgan fingerprint density at radius 3 is 2.00 bits per heavy atom. The molecule has 0 aromatic heterocycles. The van der Waals surface area contributed by atoms with Gasteiger partial charge in [0.1, 0.15) is 0 Å². The van der Waals surface area contributed by atoms with E-state index >= 15 is 0 Å². The van der Waals surface area contributed by atoms with Crippen molar-refractivity contribution in [2.75, 3.05) is 34.3 Å². The number of likely N-dealkylation sites (tertiary alicyclic amines) is 1. The first-order valence-corrected chi connectivity index (χ1v) is 4.82. The van der Waals surface area contributed by atoms with Crippen molar-refractivity contribution in [3.8, 4) is 0 Å². The van der Waals surface area contributed by atoms with E-state index in [-0.39, 0.29) is 18.7 Å². The highest BCUT2D eigenvalue weighted by atomic mass is 16.3. The highest BCUT2D eigenvalue weighted by Gasteiger charge is 2.45. The molecular weight excluding hydrogens is 184 g/mol. The monoisotopic (exact) mass is 204 g/mol. The molecule has 0 radical (unpaired) electrons. The van der Waals surface area contributed by atoms with Gasteiger partial charge < -0.3 is 20.2 Å². The second kappa shape index (κ2) is 4.55. The van der Waals surface area contributed by atoms with Crippen LogP contribution in [0.2, 0.25) is 0 Å². The Hall–Kier alpha value is -0.200. The topological polar surface area (TPSA) is 67.2 Å². The Kier molecular flexibility index (Phi) is 3.86. The van der Waals surface area contributed by atoms with E-state index in [1.54, 1.807) is 0 Å². The van der Waals surface area contributed by atoms with E-state index in [0.717, 1.165) is 0 Å². The minimum Gasteiger partial charge on any atom is -0.395 e. The Labute approximate surface area is 84.6 Å². The number of aliphatic hydroxyl groups excluding tert-OH is 3. The lowest BCUT2D eigenvalue weighted by Gasteiger charge is -2.27. The molecule has 0 bridgehead atoms. The van der Waals surface area contributed by atoms with Crippen molar-refractivity contribution in [3.05, 3.63) is 0 Å². The van der Waals surface area contributed by atoms with Crippen molar-refractivity contribution in [1.82, 2.24) is 9.80 Å². The first-order chi connectivity index (χ1) is 6.49. The standard InChI is InChI=1S/C9H20N2O3/c1-10(2)4-6-8(13)9(14)7(5-12)11(6)3/h6-9,12-14H,4-5H2,1-3H3/t6-,7-,8-,9-/m1/s1. The summed E-state index contributed by atoms with van der Waals surface area (Å²) in [5.74, 6) is 0. The normalized spacial score (nSPS) is 39.6. The number of hydrogen-bond donors (Lipinski definition) is 3. The number of nitrogens with zero attached hydrogens (tertiary/aromatic N) is 2. The van der Waals surface area contributed by atoms with Gasteiger partial charge in [-0.1, -0.05) is 0 Å². The molecule has 1 heterocycles. The van der Waals surface area contributed by atoms with Crippen LogP contribution in [0.1, 0.15) is 0 Å². The van der Waals surface area contributed by atoms with Gasteiger partial charge in [-0.2, -0.15) is 0 Å². The molecule has 0 aliphatic carbocycles. The first-order valence-electron chi connectivity index (χ1n) is 4.82. The van der Waals surface area contributed by atoms with Gasteiger partial charge in [0, 0.05) is 6.54 Å². The Morgan fingerprint density at radius 2 is 1.64 bits per heavy atom. The zero-order chi connectivity index (χ0) is 10.9. The zero-order valence-electron chi connectivity index (χ0n) is 8.96. The Bertz CT molecular complexity index is 189. The molecule has 0 aromatic carbocycles. The SMILES string of the molecule is CN(C)C[C@@H]1[C@@H](O)[C@H](O)[C@@H](CO)N1C. The molecule has 1 aliphatic rings. The van der Waals surface area contributed by atoms with Crippen LogP contribution in [-0.2, 0) is 0 Å². The highest BCUT2D eigenvalue weighted by molar-refractivity contribution is 4.99. The minimum absolute atomic E-state index is 0.114. The molecule has 5 nitrogen and oxygen atoms in total. The molecular formula is C9H20N2O3. The van der Waals surface area contributed by atoms with E-state index in [0.29, 0.717) is 6.54 Å². The fourth-order valence-electron chi connectivity index (χ4n) is 2.03. The summed E-state index contributed by atoms with van der Waals surface area (Å²) < 4.78 is 0. The average molecular weight is 204 g/mol. The first kappa shape index (κ1) is 11.9. The molecule has 0 amide bonds. The van der Waals surface area contributed by atoms with Crippen molar-refractivity contribution in [2.24, 2.45) is 0 Å². The summed E-state index contributed by atoms with van der Waals surface area (Å²) in [4.78, 5) is 3.80. The summed E-state index contributed by atoms with van der Waals surface area (Å²) in [6.07, 6.45) is -1.63. The molecule has 0 aromatic rings. The van der Waals surface area contributed by atoms with Crippen molar-refractivity contribution in [2.45, 2.75) is 24.3 Å². The van der Waals surface area contributed by atoms with Gasteiger partial charge in [0.25, 0.3) is 0 Å². The van der Waals surface area contributed by atoms with E-state index in [1.807, 2.05) is 30.9 Å². The summed E-state index contributed by atoms with van der Waals surface area (Å²) in [6, 6.07) is -0.466. The van der Waals surface area contributed by atoms with Gasteiger partial charge in [-0.05, 0) is 21.1 Å². The van der Waals surface area contributed by atoms with Crippen LogP contribution >= 0.6 is 0 Å². The van der Waals surface area contributed by atoms with Crippen LogP contribution in [0.5, 0.6) is 0 Å². The lowest BCUT2D eigenvalue weighted by atomic mass is 10.1. The Morgan fingerprint density at radius 1 is 1.14 bits per heavy atom. The summed E-state index contributed by atoms with van der Waals surface area (Å²) in [5.41, 5.74) is 0. The lowest BCUT2D eigenvalue weighted by Crippen LogP contribution is -2.43. The molecule has 1 aliphatic heterocycles. The molecule has 3 N–H and O–H groups in total. The van der Waals surface area contributed by atoms with Gasteiger partial charge in [0.2, 0.25) is 0 Å². The van der Waals surface area contributed by atoms with Gasteiger partial charge in [-0.25, -0.2) is 0 Å². The molecule has 0 spiro atoms. The fourth-order valence-corrected chi connectivity index (χ4v) is 2.03. The average Bonchev–Trinajstić information content (AvgIpc) is 2.30. The molecule has 4 atom stereocenters. The number of aliphatic hydroxyl groups is 3. The zero-order valence-corrected chi connectivity index (χ0v) is 8.96. The maximum absolute atomic E-state index is 9.75. The predicted molar refractivity (Wildman–Crippen MR) is 53.0 cm³/mol. The number of likely N-dealkylation sites (N-methyl/N-ethyl adjacent to an activating group) is 2. The van der Waals surface area contributed by atoms with Crippen LogP contribution in [0.4, 0.5) is 0 Å². The molecule has 14 heavy (non-hydrogen) atoms. The smallest absolute Gasteiger partial charge is 0.0992 e. The van der Waals surface area contributed by atoms with E-state index in [4.69, 9.17) is 5.11 Å². The maximum Gasteiger partial charge on any atom is 0.0992 e. The summed E-state index contributed by atoms with van der Waals surface area (Å²) in [5, 5.41) is 28.4. The molecule has 5 heteroatoms. The fraction of sp³-hybridized carbons (Fsp3) is 1.00. The minimum atomic E-state index is -0.852. The predicted octanol–water partition coefficient (Wildman–Crippen LogP) is -2.06. The highest BCUT2D eigenvalue weighted by Crippen LogP contribution is 2.23. The molecule has 1 rings (SSSR count). The van der Waals surface area contributed by atoms with Gasteiger partial charge in [0.05, 0.1) is 30.9 Å². The van der Waals surface area contributed by atoms with Gasteiger partial charge in [-0.15, -0.1) is 0 Å². The van der Waals surface area contributed by atoms with Crippen LogP contribution in [0.15, 0.2) is 0 Å². The summed E-state index contributed by atoms with van der Waals surface area (Å²) >= 11 is 0. The summed E-state index contributed by atoms with van der Waals surface area (Å²) in [6.45, 7) is 0.546. The second-order valence-electron chi connectivity index (χ2n) is 4.23. The van der Waals surface area contributed by atoms with E-state index in [1.165, 1.54) is 0 Å². The van der Waals surface area contributed by atoms with Gasteiger partial charge in [-0.3, -0.25) is 4.90 Å². The quantitative estimate of drug-likeness (QED) is 0.493. The van der Waals surface area contributed by atoms with Crippen molar-refractivity contribution >= 4 is 0 Å². The van der Waals surface area contributed by atoms with E-state index in [9.17, 15) is 10.2 Å². The van der Waals surface area contributed by atoms with Crippen LogP contribution in [0.25, 0.3) is 0 Å². The van der Waals surface area contributed by atoms with Gasteiger partial charge >= 0.3 is 0 Å². The number of hydrogen-bond acceptors (Lipinski definition) is 5.